The van der Waals surface area contributed by atoms with Crippen LogP contribution >= 0.6 is 11.5 Å². The third kappa shape index (κ3) is 4.60. The summed E-state index contributed by atoms with van der Waals surface area (Å²) in [6, 6.07) is 18.0. The lowest BCUT2D eigenvalue weighted by atomic mass is 10.2. The van der Waals surface area contributed by atoms with Crippen molar-refractivity contribution in [3.8, 4) is 11.8 Å². The number of anilines is 3. The molecule has 1 amide bonds. The summed E-state index contributed by atoms with van der Waals surface area (Å²) in [7, 11) is 0. The van der Waals surface area contributed by atoms with Gasteiger partial charge in [-0.25, -0.2) is 9.97 Å². The number of nitrogens with one attached hydrogen (secondary N) is 2. The second-order valence-electron chi connectivity index (χ2n) is 6.93. The number of pyridine rings is 2. The van der Waals surface area contributed by atoms with E-state index in [0.717, 1.165) is 11.0 Å². The molecule has 0 atom stereocenters. The monoisotopic (exact) mass is 455 g/mol. The number of ether oxygens (including phenoxy) is 1. The van der Waals surface area contributed by atoms with Crippen LogP contribution in [0.15, 0.2) is 73.1 Å². The summed E-state index contributed by atoms with van der Waals surface area (Å²) in [6.45, 7) is 1.77. The van der Waals surface area contributed by atoms with Crippen LogP contribution in [-0.2, 0) is 0 Å². The molecule has 162 valence electrons. The number of aryl methyl sites for hydroxylation is 1. The van der Waals surface area contributed by atoms with Gasteiger partial charge in [0, 0.05) is 18.3 Å². The first kappa shape index (κ1) is 20.5. The van der Waals surface area contributed by atoms with E-state index in [2.05, 4.69) is 34.9 Å². The van der Waals surface area contributed by atoms with Gasteiger partial charge in [0.15, 0.2) is 0 Å². The van der Waals surface area contributed by atoms with Gasteiger partial charge >= 0.3 is 0 Å². The zero-order valence-corrected chi connectivity index (χ0v) is 18.2. The van der Waals surface area contributed by atoms with Gasteiger partial charge in [0.2, 0.25) is 11.8 Å². The van der Waals surface area contributed by atoms with Gasteiger partial charge in [-0.2, -0.15) is 9.36 Å². The molecule has 0 saturated carbocycles. The lowest BCUT2D eigenvalue weighted by Gasteiger charge is -2.09. The molecule has 0 aliphatic rings. The normalized spacial score (nSPS) is 10.7. The van der Waals surface area contributed by atoms with Crippen molar-refractivity contribution in [1.82, 2.24) is 24.3 Å². The summed E-state index contributed by atoms with van der Waals surface area (Å²) >= 11 is 1.18. The highest BCUT2D eigenvalue weighted by molar-refractivity contribution is 7.10. The van der Waals surface area contributed by atoms with Crippen molar-refractivity contribution in [3.63, 3.8) is 0 Å². The van der Waals surface area contributed by atoms with Crippen LogP contribution < -0.4 is 15.4 Å². The number of rotatable bonds is 6. The van der Waals surface area contributed by atoms with Crippen molar-refractivity contribution >= 4 is 45.1 Å². The predicted molar refractivity (Wildman–Crippen MR) is 126 cm³/mol. The van der Waals surface area contributed by atoms with Gasteiger partial charge in [-0.3, -0.25) is 9.78 Å². The van der Waals surface area contributed by atoms with E-state index in [1.165, 1.54) is 11.5 Å². The molecule has 1 aromatic carbocycles. The summed E-state index contributed by atoms with van der Waals surface area (Å²) in [5, 5.41) is 6.54. The number of fused-ring (bicyclic) bond motifs is 1. The molecule has 10 heteroatoms. The summed E-state index contributed by atoms with van der Waals surface area (Å²) in [4.78, 5) is 30.5. The van der Waals surface area contributed by atoms with Crippen molar-refractivity contribution in [3.05, 3.63) is 84.3 Å². The van der Waals surface area contributed by atoms with Crippen molar-refractivity contribution < 1.29 is 9.53 Å². The van der Waals surface area contributed by atoms with Gasteiger partial charge in [-0.15, -0.1) is 0 Å². The van der Waals surface area contributed by atoms with E-state index >= 15 is 0 Å². The highest BCUT2D eigenvalue weighted by atomic mass is 32.1. The molecule has 5 aromatic rings. The van der Waals surface area contributed by atoms with Crippen LogP contribution in [0.1, 0.15) is 16.1 Å². The lowest BCUT2D eigenvalue weighted by Crippen LogP contribution is -2.15. The first-order chi connectivity index (χ1) is 16.2. The first-order valence-corrected chi connectivity index (χ1v) is 10.8. The van der Waals surface area contributed by atoms with Crippen molar-refractivity contribution in [2.45, 2.75) is 6.92 Å². The Balaban J connectivity index is 1.35. The average Bonchev–Trinajstić information content (AvgIpc) is 3.20. The third-order valence-electron chi connectivity index (χ3n) is 4.59. The second-order valence-corrected chi connectivity index (χ2v) is 7.70. The maximum Gasteiger partial charge on any atom is 0.261 e. The molecule has 2 N–H and O–H groups in total. The lowest BCUT2D eigenvalue weighted by molar-refractivity contribution is 0.102. The summed E-state index contributed by atoms with van der Waals surface area (Å²) in [6.07, 6.45) is 3.25. The highest BCUT2D eigenvalue weighted by Gasteiger charge is 2.20. The van der Waals surface area contributed by atoms with E-state index in [-0.39, 0.29) is 5.91 Å². The van der Waals surface area contributed by atoms with Crippen LogP contribution in [0.2, 0.25) is 0 Å². The summed E-state index contributed by atoms with van der Waals surface area (Å²) in [5.74, 6) is 1.25. The number of amides is 1. The molecule has 0 saturated heterocycles. The molecule has 5 rings (SSSR count). The minimum absolute atomic E-state index is 0.316. The van der Waals surface area contributed by atoms with Gasteiger partial charge in [0.05, 0.1) is 28.5 Å². The smallest absolute Gasteiger partial charge is 0.261 e. The van der Waals surface area contributed by atoms with Crippen LogP contribution in [0.5, 0.6) is 11.8 Å². The minimum atomic E-state index is -0.347. The fourth-order valence-electron chi connectivity index (χ4n) is 3.09. The van der Waals surface area contributed by atoms with Gasteiger partial charge in [-0.05, 0) is 42.7 Å². The molecular formula is C23H17N7O2S. The summed E-state index contributed by atoms with van der Waals surface area (Å²) in [5.41, 5.74) is 2.55. The Labute approximate surface area is 192 Å². The predicted octanol–water partition coefficient (Wildman–Crippen LogP) is 4.97. The maximum atomic E-state index is 13.1. The first-order valence-electron chi connectivity index (χ1n) is 9.98. The van der Waals surface area contributed by atoms with Gasteiger partial charge in [0.25, 0.3) is 5.91 Å². The Morgan fingerprint density at radius 3 is 2.55 bits per heavy atom. The van der Waals surface area contributed by atoms with Crippen LogP contribution in [0.4, 0.5) is 16.6 Å². The van der Waals surface area contributed by atoms with Crippen LogP contribution in [0, 0.1) is 6.92 Å². The number of carbonyl (C=O) groups is 1. The third-order valence-corrected chi connectivity index (χ3v) is 5.45. The number of para-hydroxylation sites is 2. The quantitative estimate of drug-likeness (QED) is 0.369. The van der Waals surface area contributed by atoms with Crippen molar-refractivity contribution in [2.24, 2.45) is 0 Å². The molecule has 0 aliphatic carbocycles. The number of hydrogen-bond donors (Lipinski definition) is 2. The topological polar surface area (TPSA) is 115 Å². The second kappa shape index (κ2) is 8.97. The van der Waals surface area contributed by atoms with Gasteiger partial charge in [-0.1, -0.05) is 24.3 Å². The highest BCUT2D eigenvalue weighted by Crippen LogP contribution is 2.29. The fraction of sp³-hybridized carbons (Fsp3) is 0.0435. The minimum Gasteiger partial charge on any atom is -0.421 e. The largest absolute Gasteiger partial charge is 0.421 e. The average molecular weight is 456 g/mol. The Hall–Kier alpha value is -4.44. The van der Waals surface area contributed by atoms with E-state index in [0.29, 0.717) is 39.7 Å². The molecule has 0 radical (unpaired) electrons. The number of hydrogen-bond acceptors (Lipinski definition) is 9. The van der Waals surface area contributed by atoms with Crippen LogP contribution in [-0.4, -0.2) is 30.2 Å². The SMILES string of the molecule is Cc1nsc(Nc2cnc3ccccc3n2)c1C(=O)Nc1cccc(Oc2ccccn2)n1. The Kier molecular flexibility index (Phi) is 5.56. The van der Waals surface area contributed by atoms with E-state index in [4.69, 9.17) is 4.74 Å². The zero-order chi connectivity index (χ0) is 22.6. The summed E-state index contributed by atoms with van der Waals surface area (Å²) < 4.78 is 9.97. The number of carbonyl (C=O) groups excluding carboxylic acids is 1. The zero-order valence-electron chi connectivity index (χ0n) is 17.4. The fourth-order valence-corrected chi connectivity index (χ4v) is 3.89. The molecule has 0 aliphatic heterocycles. The molecular weight excluding hydrogens is 438 g/mol. The molecule has 0 bridgehead atoms. The van der Waals surface area contributed by atoms with Crippen LogP contribution in [0.25, 0.3) is 11.0 Å². The van der Waals surface area contributed by atoms with Crippen molar-refractivity contribution in [1.29, 1.82) is 0 Å². The van der Waals surface area contributed by atoms with E-state index in [1.807, 2.05) is 30.3 Å². The van der Waals surface area contributed by atoms with Gasteiger partial charge < -0.3 is 15.4 Å². The molecule has 0 spiro atoms. The number of aromatic nitrogens is 5. The van der Waals surface area contributed by atoms with E-state index in [9.17, 15) is 4.79 Å². The Morgan fingerprint density at radius 2 is 1.70 bits per heavy atom. The van der Waals surface area contributed by atoms with E-state index in [1.54, 1.807) is 49.6 Å². The maximum absolute atomic E-state index is 13.1. The molecule has 9 nitrogen and oxygen atoms in total. The standard InChI is InChI=1S/C23H17N7O2S/c1-14-21(23(33-30-14)29-18-13-25-15-7-2-3-8-16(15)26-18)22(31)28-17-9-6-11-20(27-17)32-19-10-4-5-12-24-19/h2-13H,1H3,(H,26,29)(H,27,28,31). The Morgan fingerprint density at radius 1 is 0.879 bits per heavy atom. The van der Waals surface area contributed by atoms with Crippen LogP contribution in [0.3, 0.4) is 0 Å². The van der Waals surface area contributed by atoms with Gasteiger partial charge in [0.1, 0.15) is 16.6 Å². The van der Waals surface area contributed by atoms with Crippen molar-refractivity contribution in [2.75, 3.05) is 10.6 Å². The van der Waals surface area contributed by atoms with E-state index < -0.39 is 0 Å². The molecule has 4 heterocycles. The number of benzene rings is 1. The Bertz CT molecular complexity index is 1440. The molecule has 0 fully saturated rings. The molecule has 0 unspecified atom stereocenters. The number of nitrogens with zero attached hydrogens (tertiary/aromatic N) is 5. The molecule has 4 aromatic heterocycles. The molecule has 33 heavy (non-hydrogen) atoms.